The molecule has 0 spiro atoms. The summed E-state index contributed by atoms with van der Waals surface area (Å²) in [6, 6.07) is 0. The van der Waals surface area contributed by atoms with Gasteiger partial charge in [0.25, 0.3) is 0 Å². The van der Waals surface area contributed by atoms with Gasteiger partial charge in [-0.3, -0.25) is 0 Å². The van der Waals surface area contributed by atoms with Gasteiger partial charge in [0.05, 0.1) is 5.69 Å². The van der Waals surface area contributed by atoms with Crippen LogP contribution in [-0.4, -0.2) is 32.7 Å². The third kappa shape index (κ3) is 1.52. The maximum atomic E-state index is 11.9. The van der Waals surface area contributed by atoms with Gasteiger partial charge in [0.1, 0.15) is 0 Å². The fraction of sp³-hybridized carbons (Fsp3) is 0.583. The van der Waals surface area contributed by atoms with Crippen LogP contribution in [-0.2, 0) is 6.42 Å². The van der Waals surface area contributed by atoms with Crippen molar-refractivity contribution < 1.29 is 0 Å². The van der Waals surface area contributed by atoms with Crippen LogP contribution in [0.4, 0.5) is 5.95 Å². The van der Waals surface area contributed by atoms with Crippen LogP contribution in [0.3, 0.4) is 0 Å². The molecule has 18 heavy (non-hydrogen) atoms. The van der Waals surface area contributed by atoms with Crippen LogP contribution in [0.25, 0.3) is 5.65 Å². The van der Waals surface area contributed by atoms with E-state index >= 15 is 0 Å². The van der Waals surface area contributed by atoms with Crippen molar-refractivity contribution in [3.63, 3.8) is 0 Å². The summed E-state index contributed by atoms with van der Waals surface area (Å²) in [4.78, 5) is 18.7. The molecule has 2 aromatic rings. The molecule has 1 fully saturated rings. The number of fused-ring (bicyclic) bond motifs is 1. The molecule has 96 valence electrons. The van der Waals surface area contributed by atoms with E-state index in [4.69, 9.17) is 0 Å². The highest BCUT2D eigenvalue weighted by atomic mass is 16.1. The smallest absolute Gasteiger partial charge is 0.342 e. The number of nitrogens with one attached hydrogen (secondary N) is 1. The number of hydrogen-bond donors (Lipinski definition) is 1. The Labute approximate surface area is 105 Å². The zero-order valence-electron chi connectivity index (χ0n) is 10.7. The topological polar surface area (TPSA) is 66.3 Å². The number of rotatable bonds is 2. The van der Waals surface area contributed by atoms with Gasteiger partial charge in [-0.2, -0.15) is 5.10 Å². The van der Waals surface area contributed by atoms with Crippen molar-refractivity contribution in [3.8, 4) is 0 Å². The second-order valence-electron chi connectivity index (χ2n) is 4.72. The van der Waals surface area contributed by atoms with E-state index < -0.39 is 0 Å². The highest BCUT2D eigenvalue weighted by molar-refractivity contribution is 5.54. The SMILES string of the molecule is CCc1nc(N2CCCC2)n2c(=O)[nH]nc2c1C. The summed E-state index contributed by atoms with van der Waals surface area (Å²) in [5.74, 6) is 0.740. The molecule has 0 atom stereocenters. The Morgan fingerprint density at radius 3 is 2.72 bits per heavy atom. The average molecular weight is 247 g/mol. The van der Waals surface area contributed by atoms with Crippen molar-refractivity contribution in [2.75, 3.05) is 18.0 Å². The van der Waals surface area contributed by atoms with Gasteiger partial charge in [0.2, 0.25) is 5.95 Å². The lowest BCUT2D eigenvalue weighted by atomic mass is 10.2. The van der Waals surface area contributed by atoms with Crippen LogP contribution in [0.15, 0.2) is 4.79 Å². The van der Waals surface area contributed by atoms with Crippen LogP contribution in [0.2, 0.25) is 0 Å². The van der Waals surface area contributed by atoms with Gasteiger partial charge in [-0.15, -0.1) is 0 Å². The Hall–Kier alpha value is -1.85. The molecule has 1 N–H and O–H groups in total. The first-order chi connectivity index (χ1) is 8.72. The molecule has 0 aliphatic carbocycles. The summed E-state index contributed by atoms with van der Waals surface area (Å²) in [6.45, 7) is 5.97. The van der Waals surface area contributed by atoms with Crippen molar-refractivity contribution in [1.29, 1.82) is 0 Å². The minimum Gasteiger partial charge on any atom is -0.342 e. The monoisotopic (exact) mass is 247 g/mol. The van der Waals surface area contributed by atoms with Crippen molar-refractivity contribution >= 4 is 11.6 Å². The Kier molecular flexibility index (Phi) is 2.57. The molecule has 0 unspecified atom stereocenters. The highest BCUT2D eigenvalue weighted by Gasteiger charge is 2.21. The Balaban J connectivity index is 2.31. The van der Waals surface area contributed by atoms with E-state index in [1.165, 1.54) is 0 Å². The van der Waals surface area contributed by atoms with Gasteiger partial charge >= 0.3 is 5.69 Å². The first-order valence-electron chi connectivity index (χ1n) is 6.44. The molecule has 1 aliphatic rings. The van der Waals surface area contributed by atoms with Crippen LogP contribution in [0, 0.1) is 6.92 Å². The highest BCUT2D eigenvalue weighted by Crippen LogP contribution is 2.21. The van der Waals surface area contributed by atoms with E-state index in [0.29, 0.717) is 5.65 Å². The third-order valence-electron chi connectivity index (χ3n) is 3.60. The van der Waals surface area contributed by atoms with Gasteiger partial charge in [-0.05, 0) is 26.2 Å². The average Bonchev–Trinajstić information content (AvgIpc) is 3.01. The normalized spacial score (nSPS) is 15.8. The minimum absolute atomic E-state index is 0.204. The van der Waals surface area contributed by atoms with Crippen LogP contribution >= 0.6 is 0 Å². The number of aromatic amines is 1. The van der Waals surface area contributed by atoms with E-state index in [9.17, 15) is 4.79 Å². The minimum atomic E-state index is -0.204. The first kappa shape index (κ1) is 11.3. The van der Waals surface area contributed by atoms with Crippen molar-refractivity contribution in [1.82, 2.24) is 19.6 Å². The second kappa shape index (κ2) is 4.12. The van der Waals surface area contributed by atoms with Crippen molar-refractivity contribution in [2.45, 2.75) is 33.1 Å². The van der Waals surface area contributed by atoms with E-state index in [2.05, 4.69) is 27.0 Å². The number of anilines is 1. The predicted octanol–water partition coefficient (Wildman–Crippen LogP) is 0.889. The molecule has 2 aromatic heterocycles. The maximum absolute atomic E-state index is 11.9. The van der Waals surface area contributed by atoms with E-state index in [1.54, 1.807) is 4.40 Å². The molecule has 6 heteroatoms. The molecule has 6 nitrogen and oxygen atoms in total. The van der Waals surface area contributed by atoms with Gasteiger partial charge in [0.15, 0.2) is 5.65 Å². The maximum Gasteiger partial charge on any atom is 0.350 e. The molecule has 3 heterocycles. The summed E-state index contributed by atoms with van der Waals surface area (Å²) >= 11 is 0. The van der Waals surface area contributed by atoms with Crippen LogP contribution in [0.1, 0.15) is 31.0 Å². The number of hydrogen-bond acceptors (Lipinski definition) is 4. The fourth-order valence-electron chi connectivity index (χ4n) is 2.59. The summed E-state index contributed by atoms with van der Waals surface area (Å²) in [7, 11) is 0. The third-order valence-corrected chi connectivity index (χ3v) is 3.60. The van der Waals surface area contributed by atoms with Crippen molar-refractivity contribution in [2.24, 2.45) is 0 Å². The zero-order valence-corrected chi connectivity index (χ0v) is 10.7. The molecular formula is C12H17N5O. The molecule has 0 aromatic carbocycles. The van der Waals surface area contributed by atoms with E-state index in [-0.39, 0.29) is 5.69 Å². The molecule has 1 aliphatic heterocycles. The molecule has 3 rings (SSSR count). The van der Waals surface area contributed by atoms with Crippen LogP contribution < -0.4 is 10.6 Å². The Morgan fingerprint density at radius 2 is 2.06 bits per heavy atom. The molecule has 0 radical (unpaired) electrons. The summed E-state index contributed by atoms with van der Waals surface area (Å²) in [5, 5.41) is 6.64. The lowest BCUT2D eigenvalue weighted by molar-refractivity contribution is 0.837. The predicted molar refractivity (Wildman–Crippen MR) is 69.2 cm³/mol. The molecular weight excluding hydrogens is 230 g/mol. The zero-order chi connectivity index (χ0) is 12.7. The fourth-order valence-corrected chi connectivity index (χ4v) is 2.59. The standard InChI is InChI=1S/C12H17N5O/c1-3-9-8(2)10-14-15-12(18)17(10)11(13-9)16-6-4-5-7-16/h3-7H2,1-2H3,(H,15,18). The molecule has 0 saturated carbocycles. The number of aromatic nitrogens is 4. The largest absolute Gasteiger partial charge is 0.350 e. The second-order valence-corrected chi connectivity index (χ2v) is 4.72. The summed E-state index contributed by atoms with van der Waals surface area (Å²) in [6.07, 6.45) is 3.17. The summed E-state index contributed by atoms with van der Waals surface area (Å²) < 4.78 is 1.60. The quantitative estimate of drug-likeness (QED) is 0.855. The molecule has 1 saturated heterocycles. The van der Waals surface area contributed by atoms with Gasteiger partial charge < -0.3 is 4.90 Å². The van der Waals surface area contributed by atoms with E-state index in [0.717, 1.165) is 49.6 Å². The van der Waals surface area contributed by atoms with Crippen molar-refractivity contribution in [3.05, 3.63) is 21.7 Å². The number of aryl methyl sites for hydroxylation is 2. The first-order valence-corrected chi connectivity index (χ1v) is 6.44. The molecule has 0 bridgehead atoms. The lowest BCUT2D eigenvalue weighted by Gasteiger charge is -2.18. The van der Waals surface area contributed by atoms with Crippen LogP contribution in [0.5, 0.6) is 0 Å². The van der Waals surface area contributed by atoms with Gasteiger partial charge in [-0.1, -0.05) is 6.92 Å². The van der Waals surface area contributed by atoms with Gasteiger partial charge in [-0.25, -0.2) is 19.3 Å². The molecule has 0 amide bonds. The lowest BCUT2D eigenvalue weighted by Crippen LogP contribution is -2.26. The Morgan fingerprint density at radius 1 is 1.33 bits per heavy atom. The number of nitrogens with zero attached hydrogens (tertiary/aromatic N) is 4. The van der Waals surface area contributed by atoms with E-state index in [1.807, 2.05) is 6.92 Å². The van der Waals surface area contributed by atoms with Gasteiger partial charge in [0, 0.05) is 18.7 Å². The Bertz CT molecular complexity index is 636. The number of H-pyrrole nitrogens is 1. The summed E-state index contributed by atoms with van der Waals surface area (Å²) in [5.41, 5.74) is 2.50.